The molecule has 0 atom stereocenters. The van der Waals surface area contributed by atoms with Gasteiger partial charge in [-0.1, -0.05) is 65.9 Å². The van der Waals surface area contributed by atoms with Crippen LogP contribution in [0.2, 0.25) is 0 Å². The fourth-order valence-electron chi connectivity index (χ4n) is 2.23. The largest absolute Gasteiger partial charge is 0.0812 e. The van der Waals surface area contributed by atoms with Crippen molar-refractivity contribution in [3.05, 3.63) is 58.7 Å². The molecule has 2 aromatic carbocycles. The van der Waals surface area contributed by atoms with Crippen molar-refractivity contribution in [1.29, 1.82) is 0 Å². The maximum atomic E-state index is 2.43. The average Bonchev–Trinajstić information content (AvgIpc) is 2.40. The molecule has 0 aliphatic rings. The number of benzene rings is 2. The summed E-state index contributed by atoms with van der Waals surface area (Å²) in [6.45, 7) is 6.59. The van der Waals surface area contributed by atoms with Crippen LogP contribution in [0, 0.1) is 13.8 Å². The molecule has 0 saturated carbocycles. The monoisotopic (exact) mass is 350 g/mol. The molecule has 0 aromatic heterocycles. The van der Waals surface area contributed by atoms with Gasteiger partial charge < -0.3 is 0 Å². The van der Waals surface area contributed by atoms with Gasteiger partial charge in [0.2, 0.25) is 0 Å². The molecule has 0 saturated heterocycles. The summed E-state index contributed by atoms with van der Waals surface area (Å²) >= 11 is 2.43. The summed E-state index contributed by atoms with van der Waals surface area (Å²) in [6, 6.07) is 13.6. The van der Waals surface area contributed by atoms with Crippen LogP contribution in [-0.4, -0.2) is 0 Å². The van der Waals surface area contributed by atoms with Crippen LogP contribution in [0.4, 0.5) is 0 Å². The molecule has 1 heteroatoms. The molecule has 0 fully saturated rings. The molecule has 0 nitrogen and oxygen atoms in total. The van der Waals surface area contributed by atoms with Crippen molar-refractivity contribution in [3.63, 3.8) is 0 Å². The van der Waals surface area contributed by atoms with Crippen LogP contribution in [-0.2, 0) is 10.8 Å². The van der Waals surface area contributed by atoms with Crippen molar-refractivity contribution < 1.29 is 0 Å². The van der Waals surface area contributed by atoms with Crippen molar-refractivity contribution in [2.75, 3.05) is 0 Å². The molecule has 0 heterocycles. The van der Waals surface area contributed by atoms with E-state index in [1.54, 1.807) is 0 Å². The number of alkyl halides is 1. The molecule has 0 aliphatic carbocycles. The lowest BCUT2D eigenvalue weighted by molar-refractivity contribution is 1.11. The number of aryl methyl sites for hydroxylation is 3. The van der Waals surface area contributed by atoms with E-state index in [4.69, 9.17) is 0 Å². The average molecular weight is 350 g/mol. The molecule has 0 unspecified atom stereocenters. The van der Waals surface area contributed by atoms with Gasteiger partial charge in [0.15, 0.2) is 0 Å². The highest BCUT2D eigenvalue weighted by atomic mass is 127. The number of halogens is 1. The van der Waals surface area contributed by atoms with Gasteiger partial charge in [0.25, 0.3) is 0 Å². The zero-order chi connectivity index (χ0) is 13.1. The van der Waals surface area contributed by atoms with Gasteiger partial charge in [0.1, 0.15) is 0 Å². The lowest BCUT2D eigenvalue weighted by Gasteiger charge is -2.10. The molecule has 0 N–H and O–H groups in total. The third kappa shape index (κ3) is 2.77. The van der Waals surface area contributed by atoms with Crippen LogP contribution in [0.25, 0.3) is 11.1 Å². The Labute approximate surface area is 124 Å². The molecule has 0 amide bonds. The smallest absolute Gasteiger partial charge is 0.0249 e. The summed E-state index contributed by atoms with van der Waals surface area (Å²) in [5.74, 6) is 0. The van der Waals surface area contributed by atoms with Crippen molar-refractivity contribution in [2.24, 2.45) is 0 Å². The Balaban J connectivity index is 2.48. The van der Waals surface area contributed by atoms with E-state index in [0.29, 0.717) is 0 Å². The molecule has 0 radical (unpaired) electrons. The predicted molar refractivity (Wildman–Crippen MR) is 88.5 cm³/mol. The quantitative estimate of drug-likeness (QED) is 0.509. The van der Waals surface area contributed by atoms with Gasteiger partial charge in [0.05, 0.1) is 0 Å². The second-order valence-corrected chi connectivity index (χ2v) is 5.53. The highest BCUT2D eigenvalue weighted by molar-refractivity contribution is 14.1. The minimum absolute atomic E-state index is 1.07. The van der Waals surface area contributed by atoms with Crippen LogP contribution in [0.3, 0.4) is 0 Å². The molecular weight excluding hydrogens is 331 g/mol. The van der Waals surface area contributed by atoms with E-state index in [-0.39, 0.29) is 0 Å². The fraction of sp³-hybridized carbons (Fsp3) is 0.294. The first kappa shape index (κ1) is 13.6. The van der Waals surface area contributed by atoms with Crippen LogP contribution >= 0.6 is 22.6 Å². The number of hydrogen-bond acceptors (Lipinski definition) is 0. The number of hydrogen-bond donors (Lipinski definition) is 0. The summed E-state index contributed by atoms with van der Waals surface area (Å²) in [6.07, 6.45) is 1.10. The lowest BCUT2D eigenvalue weighted by atomic mass is 9.96. The van der Waals surface area contributed by atoms with Crippen LogP contribution in [0.15, 0.2) is 36.4 Å². The Morgan fingerprint density at radius 3 is 1.83 bits per heavy atom. The van der Waals surface area contributed by atoms with E-state index in [2.05, 4.69) is 79.8 Å². The van der Waals surface area contributed by atoms with E-state index in [9.17, 15) is 0 Å². The predicted octanol–water partition coefficient (Wildman–Crippen LogP) is 5.47. The Kier molecular flexibility index (Phi) is 4.44. The highest BCUT2D eigenvalue weighted by Gasteiger charge is 2.04. The first-order valence-corrected chi connectivity index (χ1v) is 7.93. The zero-order valence-electron chi connectivity index (χ0n) is 11.3. The molecule has 2 rings (SSSR count). The van der Waals surface area contributed by atoms with E-state index in [1.165, 1.54) is 33.4 Å². The molecule has 18 heavy (non-hydrogen) atoms. The molecule has 0 aliphatic heterocycles. The van der Waals surface area contributed by atoms with E-state index >= 15 is 0 Å². The number of rotatable bonds is 3. The van der Waals surface area contributed by atoms with Crippen LogP contribution in [0.1, 0.15) is 29.2 Å². The van der Waals surface area contributed by atoms with Crippen molar-refractivity contribution >= 4 is 22.6 Å². The SMILES string of the molecule is CCc1cc(-c2ccc(C)c(CI)c2)ccc1C. The lowest BCUT2D eigenvalue weighted by Crippen LogP contribution is -1.90. The van der Waals surface area contributed by atoms with E-state index in [1.807, 2.05) is 0 Å². The minimum Gasteiger partial charge on any atom is -0.0812 e. The van der Waals surface area contributed by atoms with Gasteiger partial charge in [-0.3, -0.25) is 0 Å². The summed E-state index contributed by atoms with van der Waals surface area (Å²) in [5.41, 5.74) is 8.33. The molecule has 94 valence electrons. The first-order chi connectivity index (χ1) is 8.65. The molecule has 0 bridgehead atoms. The van der Waals surface area contributed by atoms with Gasteiger partial charge in [0, 0.05) is 4.43 Å². The second-order valence-electron chi connectivity index (χ2n) is 4.77. The van der Waals surface area contributed by atoms with Gasteiger partial charge in [-0.25, -0.2) is 0 Å². The van der Waals surface area contributed by atoms with Gasteiger partial charge in [-0.2, -0.15) is 0 Å². The fourth-order valence-corrected chi connectivity index (χ4v) is 3.05. The summed E-state index contributed by atoms with van der Waals surface area (Å²) in [5, 5.41) is 0. The maximum absolute atomic E-state index is 2.43. The third-order valence-electron chi connectivity index (χ3n) is 3.56. The standard InChI is InChI=1S/C17H19I/c1-4-14-9-15(7-5-12(14)2)16-8-6-13(3)17(10-16)11-18/h5-10H,4,11H2,1-3H3. The summed E-state index contributed by atoms with van der Waals surface area (Å²) in [7, 11) is 0. The third-order valence-corrected chi connectivity index (χ3v) is 4.38. The summed E-state index contributed by atoms with van der Waals surface area (Å²) in [4.78, 5) is 0. The maximum Gasteiger partial charge on any atom is 0.0249 e. The Hall–Kier alpha value is -0.830. The molecule has 0 spiro atoms. The Bertz CT molecular complexity index is 504. The minimum atomic E-state index is 1.07. The highest BCUT2D eigenvalue weighted by Crippen LogP contribution is 2.26. The van der Waals surface area contributed by atoms with Gasteiger partial charge >= 0.3 is 0 Å². The van der Waals surface area contributed by atoms with Crippen molar-refractivity contribution in [3.8, 4) is 11.1 Å². The second kappa shape index (κ2) is 5.87. The summed E-state index contributed by atoms with van der Waals surface area (Å²) < 4.78 is 1.07. The Morgan fingerprint density at radius 2 is 1.33 bits per heavy atom. The zero-order valence-corrected chi connectivity index (χ0v) is 13.4. The molecular formula is C17H19I. The van der Waals surface area contributed by atoms with Crippen LogP contribution < -0.4 is 0 Å². The van der Waals surface area contributed by atoms with Crippen molar-refractivity contribution in [2.45, 2.75) is 31.6 Å². The Morgan fingerprint density at radius 1 is 0.833 bits per heavy atom. The van der Waals surface area contributed by atoms with Crippen LogP contribution in [0.5, 0.6) is 0 Å². The first-order valence-electron chi connectivity index (χ1n) is 6.41. The van der Waals surface area contributed by atoms with Gasteiger partial charge in [-0.15, -0.1) is 0 Å². The van der Waals surface area contributed by atoms with E-state index < -0.39 is 0 Å². The van der Waals surface area contributed by atoms with E-state index in [0.717, 1.165) is 10.8 Å². The van der Waals surface area contributed by atoms with Crippen molar-refractivity contribution in [1.82, 2.24) is 0 Å². The van der Waals surface area contributed by atoms with Gasteiger partial charge in [-0.05, 0) is 53.6 Å². The molecule has 2 aromatic rings. The topological polar surface area (TPSA) is 0 Å². The normalized spacial score (nSPS) is 10.7.